The van der Waals surface area contributed by atoms with Crippen molar-refractivity contribution < 1.29 is 14.4 Å². The second kappa shape index (κ2) is 15.1. The van der Waals surface area contributed by atoms with Gasteiger partial charge in [0.1, 0.15) is 13.6 Å². The fourth-order valence-corrected chi connectivity index (χ4v) is 3.63. The van der Waals surface area contributed by atoms with E-state index in [0.29, 0.717) is 11.4 Å². The Bertz CT molecular complexity index is 1290. The van der Waals surface area contributed by atoms with Crippen LogP contribution < -0.4 is 5.32 Å². The summed E-state index contributed by atoms with van der Waals surface area (Å²) < 4.78 is 0. The van der Waals surface area contributed by atoms with Crippen molar-refractivity contribution in [3.8, 4) is 11.1 Å². The number of rotatable bonds is 5. The quantitative estimate of drug-likeness (QED) is 0.379. The molecule has 1 fully saturated rings. The first-order valence-electron chi connectivity index (χ1n) is 12.4. The number of aromatic nitrogens is 4. The Morgan fingerprint density at radius 3 is 2.32 bits per heavy atom. The van der Waals surface area contributed by atoms with Crippen molar-refractivity contribution in [1.82, 2.24) is 25.1 Å². The molecule has 0 spiro atoms. The molecule has 0 bridgehead atoms. The maximum absolute atomic E-state index is 12.8. The lowest BCUT2D eigenvalue weighted by molar-refractivity contribution is -0.0987. The van der Waals surface area contributed by atoms with Gasteiger partial charge >= 0.3 is 0 Å². The Balaban J connectivity index is 0.000000571. The molecule has 2 N–H and O–H groups in total. The third kappa shape index (κ3) is 8.41. The van der Waals surface area contributed by atoms with Crippen LogP contribution in [0.1, 0.15) is 48.9 Å². The Kier molecular flexibility index (Phi) is 11.9. The van der Waals surface area contributed by atoms with E-state index >= 15 is 0 Å². The van der Waals surface area contributed by atoms with Gasteiger partial charge < -0.3 is 14.9 Å². The molecule has 1 aliphatic heterocycles. The van der Waals surface area contributed by atoms with E-state index in [9.17, 15) is 4.79 Å². The van der Waals surface area contributed by atoms with Gasteiger partial charge in [-0.05, 0) is 73.8 Å². The zero-order chi connectivity index (χ0) is 28.1. The van der Waals surface area contributed by atoms with Crippen molar-refractivity contribution in [1.29, 1.82) is 0 Å². The monoisotopic (exact) mass is 516 g/mol. The molecule has 1 amide bonds. The van der Waals surface area contributed by atoms with Crippen LogP contribution >= 0.6 is 0 Å². The number of likely N-dealkylation sites (tertiary alicyclic amines) is 1. The number of nitrogens with zero attached hydrogens (tertiary/aromatic N) is 4. The molecular formula is C29H36N6O3. The van der Waals surface area contributed by atoms with Crippen molar-refractivity contribution in [2.75, 3.05) is 18.4 Å². The van der Waals surface area contributed by atoms with Crippen LogP contribution in [0.5, 0.6) is 0 Å². The number of hydrogen-bond acceptors (Lipinski definition) is 7. The van der Waals surface area contributed by atoms with E-state index in [4.69, 9.17) is 9.59 Å². The van der Waals surface area contributed by atoms with Gasteiger partial charge in [0.05, 0.1) is 17.4 Å². The molecule has 0 aliphatic carbocycles. The highest BCUT2D eigenvalue weighted by atomic mass is 16.2. The molecule has 200 valence electrons. The number of nitrogens with one attached hydrogen (secondary N) is 2. The molecule has 9 heteroatoms. The predicted octanol–water partition coefficient (Wildman–Crippen LogP) is 5.08. The van der Waals surface area contributed by atoms with Crippen LogP contribution in [-0.2, 0) is 16.1 Å². The fourth-order valence-electron chi connectivity index (χ4n) is 3.63. The van der Waals surface area contributed by atoms with E-state index in [-0.39, 0.29) is 5.91 Å². The SMILES string of the molecule is C=O.C=O.CC(C)C.Cc1ccc(NC(=O)c2n[nH]c3ccc(-c4cncc(CN5CCC5)c4)cc23)cn1. The summed E-state index contributed by atoms with van der Waals surface area (Å²) in [6.07, 6.45) is 6.70. The molecule has 0 radical (unpaired) electrons. The smallest absolute Gasteiger partial charge is 0.276 e. The first kappa shape index (κ1) is 30.0. The van der Waals surface area contributed by atoms with Gasteiger partial charge in [0.25, 0.3) is 5.91 Å². The number of carbonyl (C=O) groups excluding carboxylic acids is 3. The maximum Gasteiger partial charge on any atom is 0.276 e. The van der Waals surface area contributed by atoms with Gasteiger partial charge in [0, 0.05) is 35.6 Å². The minimum Gasteiger partial charge on any atom is -0.319 e. The Labute approximate surface area is 223 Å². The van der Waals surface area contributed by atoms with Crippen LogP contribution in [-0.4, -0.2) is 57.6 Å². The predicted molar refractivity (Wildman–Crippen MR) is 151 cm³/mol. The number of aromatic amines is 1. The number of amides is 1. The largest absolute Gasteiger partial charge is 0.319 e. The summed E-state index contributed by atoms with van der Waals surface area (Å²) in [4.78, 5) is 39.8. The van der Waals surface area contributed by atoms with Crippen molar-refractivity contribution in [3.63, 3.8) is 0 Å². The van der Waals surface area contributed by atoms with Crippen LogP contribution in [0, 0.1) is 12.8 Å². The van der Waals surface area contributed by atoms with E-state index in [1.165, 1.54) is 12.0 Å². The number of hydrogen-bond donors (Lipinski definition) is 2. The zero-order valence-electron chi connectivity index (χ0n) is 22.5. The normalized spacial score (nSPS) is 12.1. The van der Waals surface area contributed by atoms with E-state index in [1.54, 1.807) is 6.20 Å². The van der Waals surface area contributed by atoms with Gasteiger partial charge in [0.2, 0.25) is 0 Å². The van der Waals surface area contributed by atoms with Gasteiger partial charge in [-0.3, -0.25) is 24.8 Å². The topological polar surface area (TPSA) is 121 Å². The van der Waals surface area contributed by atoms with Gasteiger partial charge in [0.15, 0.2) is 5.69 Å². The molecule has 1 aromatic carbocycles. The summed E-state index contributed by atoms with van der Waals surface area (Å²) >= 11 is 0. The lowest BCUT2D eigenvalue weighted by Gasteiger charge is -2.30. The van der Waals surface area contributed by atoms with Gasteiger partial charge in [-0.25, -0.2) is 0 Å². The molecule has 3 aromatic heterocycles. The molecule has 0 saturated carbocycles. The average molecular weight is 517 g/mol. The molecule has 4 heterocycles. The van der Waals surface area contributed by atoms with E-state index < -0.39 is 0 Å². The Morgan fingerprint density at radius 2 is 1.71 bits per heavy atom. The third-order valence-corrected chi connectivity index (χ3v) is 5.43. The third-order valence-electron chi connectivity index (χ3n) is 5.43. The summed E-state index contributed by atoms with van der Waals surface area (Å²) in [6.45, 7) is 15.6. The fraction of sp³-hybridized carbons (Fsp3) is 0.310. The van der Waals surface area contributed by atoms with E-state index in [0.717, 1.165) is 53.3 Å². The van der Waals surface area contributed by atoms with Crippen LogP contribution in [0.25, 0.3) is 22.0 Å². The van der Waals surface area contributed by atoms with Gasteiger partial charge in [-0.1, -0.05) is 26.8 Å². The van der Waals surface area contributed by atoms with Crippen LogP contribution in [0.15, 0.2) is 55.0 Å². The lowest BCUT2D eigenvalue weighted by atomic mass is 10.0. The minimum atomic E-state index is -0.270. The number of benzene rings is 1. The van der Waals surface area contributed by atoms with Crippen molar-refractivity contribution in [2.24, 2.45) is 5.92 Å². The Morgan fingerprint density at radius 1 is 1.00 bits per heavy atom. The highest BCUT2D eigenvalue weighted by molar-refractivity contribution is 6.11. The molecule has 9 nitrogen and oxygen atoms in total. The lowest BCUT2D eigenvalue weighted by Crippen LogP contribution is -2.36. The summed E-state index contributed by atoms with van der Waals surface area (Å²) in [6, 6.07) is 11.8. The molecule has 0 atom stereocenters. The van der Waals surface area contributed by atoms with Crippen molar-refractivity contribution in [2.45, 2.75) is 40.7 Å². The second-order valence-corrected chi connectivity index (χ2v) is 9.42. The van der Waals surface area contributed by atoms with Crippen molar-refractivity contribution in [3.05, 3.63) is 71.9 Å². The number of pyridine rings is 2. The zero-order valence-corrected chi connectivity index (χ0v) is 22.5. The summed E-state index contributed by atoms with van der Waals surface area (Å²) in [7, 11) is 0. The molecule has 4 aromatic rings. The molecule has 1 aliphatic rings. The highest BCUT2D eigenvalue weighted by Gasteiger charge is 2.17. The summed E-state index contributed by atoms with van der Waals surface area (Å²) in [5.41, 5.74) is 5.95. The van der Waals surface area contributed by atoms with Crippen LogP contribution in [0.2, 0.25) is 0 Å². The van der Waals surface area contributed by atoms with E-state index in [2.05, 4.69) is 57.2 Å². The standard InChI is InChI=1S/C23H22N6O.C4H10.2CH2O/c1-15-3-5-19(13-25-15)26-23(30)22-20-10-17(4-6-21(20)27-28-22)18-9-16(11-24-12-18)14-29-7-2-8-29;1-4(2)3;2*1-2/h3-6,9-13H,2,7-8,14H2,1H3,(H,26,30)(H,27,28);4H,1-3H3;2*1H2. The first-order valence-corrected chi connectivity index (χ1v) is 12.4. The number of H-pyrrole nitrogens is 1. The van der Waals surface area contributed by atoms with E-state index in [1.807, 2.05) is 63.2 Å². The second-order valence-electron chi connectivity index (χ2n) is 9.42. The van der Waals surface area contributed by atoms with Crippen LogP contribution in [0.3, 0.4) is 0 Å². The molecule has 1 saturated heterocycles. The average Bonchev–Trinajstić information content (AvgIpc) is 3.33. The number of aryl methyl sites for hydroxylation is 1. The van der Waals surface area contributed by atoms with Crippen molar-refractivity contribution >= 4 is 36.1 Å². The number of carbonyl (C=O) groups is 3. The molecule has 0 unspecified atom stereocenters. The number of anilines is 1. The van der Waals surface area contributed by atoms with Gasteiger partial charge in [-0.2, -0.15) is 5.10 Å². The molecule has 38 heavy (non-hydrogen) atoms. The Hall–Kier alpha value is -4.24. The number of fused-ring (bicyclic) bond motifs is 1. The minimum absolute atomic E-state index is 0.270. The summed E-state index contributed by atoms with van der Waals surface area (Å²) in [5, 5.41) is 10.8. The first-order chi connectivity index (χ1) is 18.4. The molecule has 5 rings (SSSR count). The highest BCUT2D eigenvalue weighted by Crippen LogP contribution is 2.26. The maximum atomic E-state index is 12.8. The summed E-state index contributed by atoms with van der Waals surface area (Å²) in [5.74, 6) is 0.564. The van der Waals surface area contributed by atoms with Gasteiger partial charge in [-0.15, -0.1) is 0 Å². The van der Waals surface area contributed by atoms with Crippen LogP contribution in [0.4, 0.5) is 5.69 Å². The molecular weight excluding hydrogens is 480 g/mol.